The van der Waals surface area contributed by atoms with Crippen LogP contribution >= 0.6 is 0 Å². The predicted octanol–water partition coefficient (Wildman–Crippen LogP) is 3.18. The normalized spacial score (nSPS) is 11.2. The van der Waals surface area contributed by atoms with E-state index in [1.165, 1.54) is 6.42 Å². The van der Waals surface area contributed by atoms with Crippen molar-refractivity contribution in [2.75, 3.05) is 43.4 Å². The Bertz CT molecular complexity index is 406. The number of likely N-dealkylation sites (N-methyl/N-ethyl adjacent to an activating group) is 1. The van der Waals surface area contributed by atoms with Crippen LogP contribution in [0.1, 0.15) is 52.8 Å². The highest BCUT2D eigenvalue weighted by molar-refractivity contribution is 5.47. The lowest BCUT2D eigenvalue weighted by Crippen LogP contribution is -2.29. The number of nitrogens with zero attached hydrogens (tertiary/aromatic N) is 3. The fourth-order valence-corrected chi connectivity index (χ4v) is 2.17. The fourth-order valence-electron chi connectivity index (χ4n) is 2.17. The number of nitrogens with one attached hydrogen (secondary N) is 2. The maximum Gasteiger partial charge on any atom is 0.135 e. The van der Waals surface area contributed by atoms with E-state index in [2.05, 4.69) is 60.1 Å². The van der Waals surface area contributed by atoms with Crippen LogP contribution in [0.25, 0.3) is 0 Å². The van der Waals surface area contributed by atoms with E-state index in [-0.39, 0.29) is 0 Å². The highest BCUT2D eigenvalue weighted by atomic mass is 15.1. The minimum atomic E-state index is 0.330. The van der Waals surface area contributed by atoms with Crippen LogP contribution in [0.15, 0.2) is 6.07 Å². The summed E-state index contributed by atoms with van der Waals surface area (Å²) in [6.45, 7) is 15.8. The summed E-state index contributed by atoms with van der Waals surface area (Å²) in [4.78, 5) is 11.6. The van der Waals surface area contributed by atoms with Gasteiger partial charge in [0.25, 0.3) is 0 Å². The van der Waals surface area contributed by atoms with Gasteiger partial charge in [-0.3, -0.25) is 0 Å². The molecule has 0 atom stereocenters. The first-order chi connectivity index (χ1) is 10.1. The minimum absolute atomic E-state index is 0.330. The molecule has 0 aliphatic carbocycles. The summed E-state index contributed by atoms with van der Waals surface area (Å²) in [6, 6.07) is 1.99. The molecule has 120 valence electrons. The Hall–Kier alpha value is -1.36. The molecule has 0 spiro atoms. The summed E-state index contributed by atoms with van der Waals surface area (Å²) in [5.74, 6) is 3.03. The third kappa shape index (κ3) is 6.29. The first-order valence-corrected chi connectivity index (χ1v) is 8.19. The molecule has 0 aliphatic heterocycles. The predicted molar refractivity (Wildman–Crippen MR) is 91.2 cm³/mol. The van der Waals surface area contributed by atoms with Gasteiger partial charge in [0.15, 0.2) is 0 Å². The van der Waals surface area contributed by atoms with Crippen LogP contribution in [-0.4, -0.2) is 47.6 Å². The lowest BCUT2D eigenvalue weighted by Gasteiger charge is -2.20. The molecule has 1 rings (SSSR count). The van der Waals surface area contributed by atoms with Crippen LogP contribution < -0.4 is 10.6 Å². The maximum absolute atomic E-state index is 4.60. The molecule has 0 unspecified atom stereocenters. The Labute approximate surface area is 129 Å². The maximum atomic E-state index is 4.60. The second kappa shape index (κ2) is 9.55. The number of anilines is 2. The van der Waals surface area contributed by atoms with Crippen molar-refractivity contribution in [1.82, 2.24) is 14.9 Å². The molecule has 0 amide bonds. The molecule has 0 aliphatic rings. The number of hydrogen-bond donors (Lipinski definition) is 2. The number of rotatable bonds is 10. The van der Waals surface area contributed by atoms with Gasteiger partial charge in [-0.15, -0.1) is 0 Å². The zero-order valence-electron chi connectivity index (χ0n) is 14.2. The Morgan fingerprint density at radius 3 is 2.24 bits per heavy atom. The minimum Gasteiger partial charge on any atom is -0.370 e. The van der Waals surface area contributed by atoms with E-state index in [1.54, 1.807) is 0 Å². The van der Waals surface area contributed by atoms with Crippen LogP contribution in [0.5, 0.6) is 0 Å². The van der Waals surface area contributed by atoms with Gasteiger partial charge < -0.3 is 15.5 Å². The Balaban J connectivity index is 2.64. The molecule has 0 fully saturated rings. The highest BCUT2D eigenvalue weighted by Crippen LogP contribution is 2.16. The van der Waals surface area contributed by atoms with Crippen molar-refractivity contribution in [2.45, 2.75) is 47.0 Å². The van der Waals surface area contributed by atoms with Crippen LogP contribution in [0.2, 0.25) is 0 Å². The lowest BCUT2D eigenvalue weighted by molar-refractivity contribution is 0.300. The molecular formula is C16H31N5. The van der Waals surface area contributed by atoms with Crippen molar-refractivity contribution in [2.24, 2.45) is 0 Å². The van der Waals surface area contributed by atoms with Crippen molar-refractivity contribution in [1.29, 1.82) is 0 Å². The zero-order chi connectivity index (χ0) is 15.7. The van der Waals surface area contributed by atoms with E-state index >= 15 is 0 Å². The van der Waals surface area contributed by atoms with E-state index in [0.29, 0.717) is 5.92 Å². The monoisotopic (exact) mass is 293 g/mol. The quantitative estimate of drug-likeness (QED) is 0.694. The van der Waals surface area contributed by atoms with Gasteiger partial charge in [0.1, 0.15) is 17.5 Å². The van der Waals surface area contributed by atoms with Crippen LogP contribution in [0, 0.1) is 0 Å². The zero-order valence-corrected chi connectivity index (χ0v) is 14.2. The standard InChI is InChI=1S/C16H31N5/c1-6-10-21(8-3)11-9-18-15-12-14(17-7-2)19-16(20-15)13(4)5/h12-13H,6-11H2,1-5H3,(H2,17,18,19,20). The fraction of sp³-hybridized carbons (Fsp3) is 0.750. The molecule has 21 heavy (non-hydrogen) atoms. The molecule has 0 saturated heterocycles. The smallest absolute Gasteiger partial charge is 0.135 e. The van der Waals surface area contributed by atoms with Crippen LogP contribution in [0.3, 0.4) is 0 Å². The average molecular weight is 293 g/mol. The lowest BCUT2D eigenvalue weighted by atomic mass is 10.2. The van der Waals surface area contributed by atoms with E-state index in [1.807, 2.05) is 6.07 Å². The summed E-state index contributed by atoms with van der Waals surface area (Å²) in [7, 11) is 0. The topological polar surface area (TPSA) is 53.1 Å². The molecule has 1 heterocycles. The van der Waals surface area contributed by atoms with Crippen molar-refractivity contribution >= 4 is 11.6 Å². The first kappa shape index (κ1) is 17.7. The molecule has 0 bridgehead atoms. The summed E-state index contributed by atoms with van der Waals surface area (Å²) in [6.07, 6.45) is 1.20. The summed E-state index contributed by atoms with van der Waals surface area (Å²) < 4.78 is 0. The molecule has 5 heteroatoms. The summed E-state index contributed by atoms with van der Waals surface area (Å²) >= 11 is 0. The highest BCUT2D eigenvalue weighted by Gasteiger charge is 2.08. The molecule has 1 aromatic heterocycles. The summed E-state index contributed by atoms with van der Waals surface area (Å²) in [5.41, 5.74) is 0. The first-order valence-electron chi connectivity index (χ1n) is 8.19. The molecule has 1 aromatic rings. The molecule has 0 saturated carbocycles. The summed E-state index contributed by atoms with van der Waals surface area (Å²) in [5, 5.41) is 6.70. The van der Waals surface area contributed by atoms with Gasteiger partial charge in [0.2, 0.25) is 0 Å². The van der Waals surface area contributed by atoms with Crippen molar-refractivity contribution in [3.05, 3.63) is 11.9 Å². The number of aromatic nitrogens is 2. The molecule has 0 radical (unpaired) electrons. The van der Waals surface area contributed by atoms with Gasteiger partial charge in [-0.2, -0.15) is 0 Å². The van der Waals surface area contributed by atoms with E-state index in [4.69, 9.17) is 0 Å². The van der Waals surface area contributed by atoms with Crippen LogP contribution in [-0.2, 0) is 0 Å². The third-order valence-electron chi connectivity index (χ3n) is 3.34. The van der Waals surface area contributed by atoms with Gasteiger partial charge in [-0.1, -0.05) is 27.7 Å². The molecular weight excluding hydrogens is 262 g/mol. The average Bonchev–Trinajstić information content (AvgIpc) is 2.46. The Morgan fingerprint density at radius 1 is 1.05 bits per heavy atom. The van der Waals surface area contributed by atoms with Crippen molar-refractivity contribution in [3.8, 4) is 0 Å². The SMILES string of the molecule is CCCN(CC)CCNc1cc(NCC)nc(C(C)C)n1. The molecule has 2 N–H and O–H groups in total. The Kier molecular flexibility index (Phi) is 8.05. The van der Waals surface area contributed by atoms with Gasteiger partial charge in [0.05, 0.1) is 0 Å². The van der Waals surface area contributed by atoms with E-state index in [9.17, 15) is 0 Å². The van der Waals surface area contributed by atoms with E-state index in [0.717, 1.165) is 50.2 Å². The van der Waals surface area contributed by atoms with Crippen molar-refractivity contribution < 1.29 is 0 Å². The third-order valence-corrected chi connectivity index (χ3v) is 3.34. The van der Waals surface area contributed by atoms with Gasteiger partial charge in [-0.25, -0.2) is 9.97 Å². The second-order valence-electron chi connectivity index (χ2n) is 5.54. The molecule has 0 aromatic carbocycles. The van der Waals surface area contributed by atoms with Gasteiger partial charge in [-0.05, 0) is 26.4 Å². The van der Waals surface area contributed by atoms with E-state index < -0.39 is 0 Å². The van der Waals surface area contributed by atoms with Crippen molar-refractivity contribution in [3.63, 3.8) is 0 Å². The largest absolute Gasteiger partial charge is 0.370 e. The second-order valence-corrected chi connectivity index (χ2v) is 5.54. The number of hydrogen-bond acceptors (Lipinski definition) is 5. The Morgan fingerprint density at radius 2 is 1.71 bits per heavy atom. The van der Waals surface area contributed by atoms with Gasteiger partial charge >= 0.3 is 0 Å². The molecule has 5 nitrogen and oxygen atoms in total. The van der Waals surface area contributed by atoms with Crippen LogP contribution in [0.4, 0.5) is 11.6 Å². The van der Waals surface area contributed by atoms with Gasteiger partial charge in [0, 0.05) is 31.6 Å².